The molecule has 0 atom stereocenters. The Labute approximate surface area is 119 Å². The highest BCUT2D eigenvalue weighted by Crippen LogP contribution is 2.55. The first-order chi connectivity index (χ1) is 9.71. The number of halogens is 1. The summed E-state index contributed by atoms with van der Waals surface area (Å²) in [4.78, 5) is 0. The van der Waals surface area contributed by atoms with Crippen molar-refractivity contribution in [2.24, 2.45) is 0 Å². The smallest absolute Gasteiger partial charge is 0.123 e. The van der Waals surface area contributed by atoms with Crippen molar-refractivity contribution in [2.45, 2.75) is 44.4 Å². The normalized spacial score (nSPS) is 18.9. The van der Waals surface area contributed by atoms with Crippen LogP contribution < -0.4 is 0 Å². The summed E-state index contributed by atoms with van der Waals surface area (Å²) in [6.07, 6.45) is 6.15. The van der Waals surface area contributed by atoms with E-state index in [0.717, 1.165) is 0 Å². The number of benzene rings is 2. The second-order valence-electron chi connectivity index (χ2n) is 6.38. The Morgan fingerprint density at radius 3 is 2.45 bits per heavy atom. The van der Waals surface area contributed by atoms with Crippen molar-refractivity contribution in [3.05, 3.63) is 58.9 Å². The molecule has 0 saturated heterocycles. The van der Waals surface area contributed by atoms with E-state index >= 15 is 0 Å². The molecule has 4 rings (SSSR count). The number of fused-ring (bicyclic) bond motifs is 5. The summed E-state index contributed by atoms with van der Waals surface area (Å²) in [6.45, 7) is 2.13. The molecular formula is C19H19F. The zero-order valence-electron chi connectivity index (χ0n) is 11.9. The first kappa shape index (κ1) is 12.1. The SMILES string of the molecule is Cc1ccc2c(c1)-c1ccc(F)cc1C21CCCCC1. The Morgan fingerprint density at radius 1 is 0.850 bits per heavy atom. The summed E-state index contributed by atoms with van der Waals surface area (Å²) in [5.41, 5.74) is 6.63. The standard InChI is InChI=1S/C19H19F/c1-13-5-8-17-16(11-13)15-7-6-14(20)12-18(15)19(17)9-3-2-4-10-19/h5-8,11-12H,2-4,9-10H2,1H3. The molecule has 0 radical (unpaired) electrons. The Morgan fingerprint density at radius 2 is 1.65 bits per heavy atom. The molecule has 2 aliphatic rings. The van der Waals surface area contributed by atoms with E-state index in [1.165, 1.54) is 59.9 Å². The minimum atomic E-state index is -0.0989. The third-order valence-electron chi connectivity index (χ3n) is 5.19. The summed E-state index contributed by atoms with van der Waals surface area (Å²) in [7, 11) is 0. The second kappa shape index (κ2) is 4.18. The van der Waals surface area contributed by atoms with Crippen molar-refractivity contribution in [1.29, 1.82) is 0 Å². The molecule has 1 heteroatoms. The minimum Gasteiger partial charge on any atom is -0.207 e. The first-order valence-electron chi connectivity index (χ1n) is 7.62. The highest BCUT2D eigenvalue weighted by molar-refractivity contribution is 5.81. The van der Waals surface area contributed by atoms with E-state index in [0.29, 0.717) is 0 Å². The van der Waals surface area contributed by atoms with Crippen LogP contribution in [-0.2, 0) is 5.41 Å². The van der Waals surface area contributed by atoms with Crippen LogP contribution in [0.1, 0.15) is 48.8 Å². The van der Waals surface area contributed by atoms with Gasteiger partial charge in [-0.25, -0.2) is 4.39 Å². The number of hydrogen-bond donors (Lipinski definition) is 0. The molecule has 20 heavy (non-hydrogen) atoms. The van der Waals surface area contributed by atoms with Gasteiger partial charge in [-0.2, -0.15) is 0 Å². The van der Waals surface area contributed by atoms with Crippen molar-refractivity contribution < 1.29 is 4.39 Å². The quantitative estimate of drug-likeness (QED) is 0.601. The molecule has 0 aliphatic heterocycles. The van der Waals surface area contributed by atoms with Crippen LogP contribution in [-0.4, -0.2) is 0 Å². The summed E-state index contributed by atoms with van der Waals surface area (Å²) in [6, 6.07) is 12.1. The molecule has 0 heterocycles. The van der Waals surface area contributed by atoms with Gasteiger partial charge in [0.1, 0.15) is 5.82 Å². The van der Waals surface area contributed by atoms with E-state index in [2.05, 4.69) is 25.1 Å². The van der Waals surface area contributed by atoms with Crippen molar-refractivity contribution >= 4 is 0 Å². The molecule has 1 fully saturated rings. The summed E-state index contributed by atoms with van der Waals surface area (Å²) < 4.78 is 13.8. The summed E-state index contributed by atoms with van der Waals surface area (Å²) in [5.74, 6) is -0.0989. The van der Waals surface area contributed by atoms with E-state index in [1.807, 2.05) is 6.07 Å². The minimum absolute atomic E-state index is 0.0821. The van der Waals surface area contributed by atoms with E-state index in [9.17, 15) is 4.39 Å². The van der Waals surface area contributed by atoms with Crippen LogP contribution in [0.5, 0.6) is 0 Å². The third-order valence-corrected chi connectivity index (χ3v) is 5.19. The molecule has 0 amide bonds. The molecule has 0 bridgehead atoms. The average molecular weight is 266 g/mol. The van der Waals surface area contributed by atoms with Crippen molar-refractivity contribution in [2.75, 3.05) is 0 Å². The zero-order chi connectivity index (χ0) is 13.7. The molecule has 0 aromatic heterocycles. The highest BCUT2D eigenvalue weighted by Gasteiger charge is 2.43. The zero-order valence-corrected chi connectivity index (χ0v) is 11.9. The first-order valence-corrected chi connectivity index (χ1v) is 7.62. The lowest BCUT2D eigenvalue weighted by Gasteiger charge is -2.35. The number of rotatable bonds is 0. The number of aryl methyl sites for hydroxylation is 1. The van der Waals surface area contributed by atoms with Crippen LogP contribution in [0, 0.1) is 12.7 Å². The lowest BCUT2D eigenvalue weighted by molar-refractivity contribution is 0.352. The second-order valence-corrected chi connectivity index (χ2v) is 6.38. The van der Waals surface area contributed by atoms with Gasteiger partial charge < -0.3 is 0 Å². The Kier molecular flexibility index (Phi) is 2.54. The molecule has 0 nitrogen and oxygen atoms in total. The van der Waals surface area contributed by atoms with Crippen LogP contribution in [0.15, 0.2) is 36.4 Å². The monoisotopic (exact) mass is 266 g/mol. The molecule has 0 unspecified atom stereocenters. The predicted octanol–water partition coefficient (Wildman–Crippen LogP) is 5.36. The van der Waals surface area contributed by atoms with Crippen LogP contribution in [0.3, 0.4) is 0 Å². The molecule has 1 saturated carbocycles. The van der Waals surface area contributed by atoms with Gasteiger partial charge in [0.15, 0.2) is 0 Å². The van der Waals surface area contributed by atoms with Gasteiger partial charge in [-0.1, -0.05) is 49.1 Å². The van der Waals surface area contributed by atoms with Gasteiger partial charge in [0, 0.05) is 5.41 Å². The fourth-order valence-electron chi connectivity index (χ4n) is 4.28. The van der Waals surface area contributed by atoms with E-state index in [-0.39, 0.29) is 11.2 Å². The van der Waals surface area contributed by atoms with Gasteiger partial charge in [0.2, 0.25) is 0 Å². The summed E-state index contributed by atoms with van der Waals surface area (Å²) >= 11 is 0. The van der Waals surface area contributed by atoms with E-state index in [4.69, 9.17) is 0 Å². The molecule has 1 spiro atoms. The topological polar surface area (TPSA) is 0 Å². The van der Waals surface area contributed by atoms with E-state index in [1.54, 1.807) is 12.1 Å². The fraction of sp³-hybridized carbons (Fsp3) is 0.368. The predicted molar refractivity (Wildman–Crippen MR) is 80.4 cm³/mol. The maximum atomic E-state index is 13.8. The molecule has 0 N–H and O–H groups in total. The largest absolute Gasteiger partial charge is 0.207 e. The Bertz CT molecular complexity index is 678. The van der Waals surface area contributed by atoms with Crippen LogP contribution in [0.4, 0.5) is 4.39 Å². The molecule has 2 aliphatic carbocycles. The van der Waals surface area contributed by atoms with Crippen LogP contribution in [0.25, 0.3) is 11.1 Å². The highest BCUT2D eigenvalue weighted by atomic mass is 19.1. The maximum absolute atomic E-state index is 13.8. The average Bonchev–Trinajstić information content (AvgIpc) is 2.70. The fourth-order valence-corrected chi connectivity index (χ4v) is 4.28. The van der Waals surface area contributed by atoms with Gasteiger partial charge >= 0.3 is 0 Å². The van der Waals surface area contributed by atoms with Crippen molar-refractivity contribution in [3.63, 3.8) is 0 Å². The maximum Gasteiger partial charge on any atom is 0.123 e. The molecule has 2 aromatic carbocycles. The van der Waals surface area contributed by atoms with Crippen molar-refractivity contribution in [3.8, 4) is 11.1 Å². The van der Waals surface area contributed by atoms with Gasteiger partial charge in [0.05, 0.1) is 0 Å². The van der Waals surface area contributed by atoms with Gasteiger partial charge in [0.25, 0.3) is 0 Å². The Balaban J connectivity index is 2.03. The number of hydrogen-bond acceptors (Lipinski definition) is 0. The lowest BCUT2D eigenvalue weighted by Crippen LogP contribution is -2.28. The van der Waals surface area contributed by atoms with Crippen molar-refractivity contribution in [1.82, 2.24) is 0 Å². The van der Waals surface area contributed by atoms with Gasteiger partial charge in [-0.3, -0.25) is 0 Å². The van der Waals surface area contributed by atoms with Gasteiger partial charge in [-0.05, 0) is 54.2 Å². The Hall–Kier alpha value is -1.63. The van der Waals surface area contributed by atoms with Crippen LogP contribution >= 0.6 is 0 Å². The third kappa shape index (κ3) is 1.52. The summed E-state index contributed by atoms with van der Waals surface area (Å²) in [5, 5.41) is 0. The lowest BCUT2D eigenvalue weighted by atomic mass is 9.68. The molecular weight excluding hydrogens is 247 g/mol. The molecule has 2 aromatic rings. The van der Waals surface area contributed by atoms with Crippen LogP contribution in [0.2, 0.25) is 0 Å². The molecule has 102 valence electrons. The van der Waals surface area contributed by atoms with Gasteiger partial charge in [-0.15, -0.1) is 0 Å². The van der Waals surface area contributed by atoms with E-state index < -0.39 is 0 Å².